The summed E-state index contributed by atoms with van der Waals surface area (Å²) >= 11 is 0. The Morgan fingerprint density at radius 2 is 1.96 bits per heavy atom. The molecule has 1 aromatic heterocycles. The summed E-state index contributed by atoms with van der Waals surface area (Å²) in [6.45, 7) is 7.91. The second kappa shape index (κ2) is 6.43. The number of amides is 2. The average Bonchev–Trinajstić information content (AvgIpc) is 3.23. The number of rotatable bonds is 2. The Hall–Kier alpha value is -2.50. The minimum absolute atomic E-state index is 0.0532. The standard InChI is InChI=1S/C19H25N5O/c1-14-8-10-22(11-14)17-5-3-16(4-6-17)21-19(25)23-13-18-7-9-20-24(18)12-15(23)2/h3-7,9,14-15H,8,10-13H2,1-2H3,(H,21,25). The van der Waals surface area contributed by atoms with E-state index in [1.54, 1.807) is 6.20 Å². The zero-order valence-corrected chi connectivity index (χ0v) is 14.9. The Morgan fingerprint density at radius 1 is 1.16 bits per heavy atom. The van der Waals surface area contributed by atoms with Crippen molar-refractivity contribution >= 4 is 17.4 Å². The average molecular weight is 339 g/mol. The van der Waals surface area contributed by atoms with E-state index in [1.807, 2.05) is 27.8 Å². The Bertz CT molecular complexity index is 753. The lowest BCUT2D eigenvalue weighted by Gasteiger charge is -2.34. The van der Waals surface area contributed by atoms with E-state index >= 15 is 0 Å². The number of benzene rings is 1. The molecular formula is C19H25N5O. The van der Waals surface area contributed by atoms with Gasteiger partial charge in [-0.3, -0.25) is 4.68 Å². The van der Waals surface area contributed by atoms with Crippen LogP contribution in [0.2, 0.25) is 0 Å². The Kier molecular flexibility index (Phi) is 4.11. The summed E-state index contributed by atoms with van der Waals surface area (Å²) < 4.78 is 1.97. The molecule has 3 heterocycles. The molecule has 2 aromatic rings. The lowest BCUT2D eigenvalue weighted by molar-refractivity contribution is 0.161. The van der Waals surface area contributed by atoms with Crippen molar-refractivity contribution in [3.8, 4) is 0 Å². The second-order valence-electron chi connectivity index (χ2n) is 7.30. The van der Waals surface area contributed by atoms with Crippen LogP contribution in [0.5, 0.6) is 0 Å². The summed E-state index contributed by atoms with van der Waals surface area (Å²) in [5.41, 5.74) is 3.15. The van der Waals surface area contributed by atoms with Gasteiger partial charge in [0, 0.05) is 30.7 Å². The monoisotopic (exact) mass is 339 g/mol. The fourth-order valence-electron chi connectivity index (χ4n) is 3.73. The maximum absolute atomic E-state index is 12.7. The van der Waals surface area contributed by atoms with Crippen molar-refractivity contribution in [1.29, 1.82) is 0 Å². The van der Waals surface area contributed by atoms with Crippen molar-refractivity contribution in [2.75, 3.05) is 23.3 Å². The predicted molar refractivity (Wildman–Crippen MR) is 98.7 cm³/mol. The van der Waals surface area contributed by atoms with Gasteiger partial charge in [0.25, 0.3) is 0 Å². The predicted octanol–water partition coefficient (Wildman–Crippen LogP) is 3.17. The molecule has 0 aliphatic carbocycles. The highest BCUT2D eigenvalue weighted by Gasteiger charge is 2.27. The molecule has 1 aromatic carbocycles. The van der Waals surface area contributed by atoms with E-state index in [9.17, 15) is 4.79 Å². The molecule has 132 valence electrons. The lowest BCUT2D eigenvalue weighted by Crippen LogP contribution is -2.46. The lowest BCUT2D eigenvalue weighted by atomic mass is 10.2. The molecule has 6 nitrogen and oxygen atoms in total. The molecule has 0 radical (unpaired) electrons. The number of anilines is 2. The Balaban J connectivity index is 1.41. The van der Waals surface area contributed by atoms with Crippen LogP contribution in [-0.4, -0.2) is 39.8 Å². The number of urea groups is 1. The van der Waals surface area contributed by atoms with Crippen LogP contribution < -0.4 is 10.2 Å². The highest BCUT2D eigenvalue weighted by Crippen LogP contribution is 2.25. The summed E-state index contributed by atoms with van der Waals surface area (Å²) in [7, 11) is 0. The van der Waals surface area contributed by atoms with E-state index in [0.717, 1.165) is 36.9 Å². The molecule has 1 N–H and O–H groups in total. The first-order chi connectivity index (χ1) is 12.1. The van der Waals surface area contributed by atoms with E-state index in [0.29, 0.717) is 6.54 Å². The molecular weight excluding hydrogens is 314 g/mol. The van der Waals surface area contributed by atoms with Gasteiger partial charge in [-0.1, -0.05) is 6.92 Å². The van der Waals surface area contributed by atoms with Gasteiger partial charge in [0.05, 0.1) is 24.8 Å². The van der Waals surface area contributed by atoms with Crippen LogP contribution >= 0.6 is 0 Å². The van der Waals surface area contributed by atoms with E-state index < -0.39 is 0 Å². The molecule has 1 saturated heterocycles. The molecule has 2 aliphatic rings. The molecule has 2 aliphatic heterocycles. The van der Waals surface area contributed by atoms with Gasteiger partial charge in [0.2, 0.25) is 0 Å². The third-order valence-corrected chi connectivity index (χ3v) is 5.27. The van der Waals surface area contributed by atoms with Crippen LogP contribution in [0.1, 0.15) is 26.0 Å². The fourth-order valence-corrected chi connectivity index (χ4v) is 3.73. The van der Waals surface area contributed by atoms with Crippen LogP contribution in [0.3, 0.4) is 0 Å². The maximum Gasteiger partial charge on any atom is 0.322 e. The normalized spacial score (nSPS) is 22.8. The topological polar surface area (TPSA) is 53.4 Å². The molecule has 2 amide bonds. The van der Waals surface area contributed by atoms with Crippen molar-refractivity contribution in [2.24, 2.45) is 5.92 Å². The summed E-state index contributed by atoms with van der Waals surface area (Å²) in [5.74, 6) is 0.758. The van der Waals surface area contributed by atoms with Crippen LogP contribution in [0.25, 0.3) is 0 Å². The van der Waals surface area contributed by atoms with Gasteiger partial charge in [0.15, 0.2) is 0 Å². The number of hydrogen-bond acceptors (Lipinski definition) is 3. The third kappa shape index (κ3) is 3.21. The third-order valence-electron chi connectivity index (χ3n) is 5.27. The molecule has 0 bridgehead atoms. The molecule has 4 rings (SSSR count). The van der Waals surface area contributed by atoms with Crippen LogP contribution in [0, 0.1) is 5.92 Å². The van der Waals surface area contributed by atoms with Gasteiger partial charge in [-0.25, -0.2) is 4.79 Å². The van der Waals surface area contributed by atoms with Crippen molar-refractivity contribution in [1.82, 2.24) is 14.7 Å². The van der Waals surface area contributed by atoms with Gasteiger partial charge in [-0.05, 0) is 49.6 Å². The van der Waals surface area contributed by atoms with Gasteiger partial charge < -0.3 is 15.1 Å². The summed E-state index contributed by atoms with van der Waals surface area (Å²) in [6, 6.07) is 10.2. The smallest absolute Gasteiger partial charge is 0.322 e. The molecule has 2 atom stereocenters. The van der Waals surface area contributed by atoms with Crippen molar-refractivity contribution in [3.63, 3.8) is 0 Å². The summed E-state index contributed by atoms with van der Waals surface area (Å²) in [6.07, 6.45) is 3.04. The number of aromatic nitrogens is 2. The number of nitrogens with zero attached hydrogens (tertiary/aromatic N) is 4. The Morgan fingerprint density at radius 3 is 2.68 bits per heavy atom. The first kappa shape index (κ1) is 16.0. The first-order valence-corrected chi connectivity index (χ1v) is 9.03. The van der Waals surface area contributed by atoms with Gasteiger partial charge in [0.1, 0.15) is 0 Å². The minimum atomic E-state index is -0.0532. The largest absolute Gasteiger partial charge is 0.371 e. The molecule has 1 fully saturated rings. The van der Waals surface area contributed by atoms with Crippen molar-refractivity contribution in [2.45, 2.75) is 39.4 Å². The van der Waals surface area contributed by atoms with Crippen LogP contribution in [-0.2, 0) is 13.1 Å². The number of carbonyl (C=O) groups is 1. The minimum Gasteiger partial charge on any atom is -0.371 e. The van der Waals surface area contributed by atoms with Crippen molar-refractivity contribution < 1.29 is 4.79 Å². The van der Waals surface area contributed by atoms with E-state index in [-0.39, 0.29) is 12.1 Å². The van der Waals surface area contributed by atoms with E-state index in [4.69, 9.17) is 0 Å². The summed E-state index contributed by atoms with van der Waals surface area (Å²) in [5, 5.41) is 7.32. The van der Waals surface area contributed by atoms with Crippen LogP contribution in [0.15, 0.2) is 36.5 Å². The zero-order chi connectivity index (χ0) is 17.4. The van der Waals surface area contributed by atoms with E-state index in [1.165, 1.54) is 12.1 Å². The fraction of sp³-hybridized carbons (Fsp3) is 0.474. The van der Waals surface area contributed by atoms with Gasteiger partial charge >= 0.3 is 6.03 Å². The molecule has 0 saturated carbocycles. The van der Waals surface area contributed by atoms with Crippen molar-refractivity contribution in [3.05, 3.63) is 42.2 Å². The summed E-state index contributed by atoms with van der Waals surface area (Å²) in [4.78, 5) is 16.9. The van der Waals surface area contributed by atoms with E-state index in [2.05, 4.69) is 41.3 Å². The highest BCUT2D eigenvalue weighted by atomic mass is 16.2. The first-order valence-electron chi connectivity index (χ1n) is 9.03. The zero-order valence-electron chi connectivity index (χ0n) is 14.9. The second-order valence-corrected chi connectivity index (χ2v) is 7.30. The molecule has 6 heteroatoms. The SMILES string of the molecule is CC1CCN(c2ccc(NC(=O)N3Cc4ccnn4CC3C)cc2)C1. The number of fused-ring (bicyclic) bond motifs is 1. The quantitative estimate of drug-likeness (QED) is 0.914. The van der Waals surface area contributed by atoms with Gasteiger partial charge in [-0.15, -0.1) is 0 Å². The highest BCUT2D eigenvalue weighted by molar-refractivity contribution is 5.89. The molecule has 25 heavy (non-hydrogen) atoms. The number of nitrogens with one attached hydrogen (secondary N) is 1. The van der Waals surface area contributed by atoms with Gasteiger partial charge in [-0.2, -0.15) is 5.10 Å². The number of carbonyl (C=O) groups excluding carboxylic acids is 1. The molecule has 0 spiro atoms. The van der Waals surface area contributed by atoms with Crippen LogP contribution in [0.4, 0.5) is 16.2 Å². The Labute approximate surface area is 148 Å². The molecule has 2 unspecified atom stereocenters. The maximum atomic E-state index is 12.7. The number of hydrogen-bond donors (Lipinski definition) is 1.